The minimum absolute atomic E-state index is 0.130. The van der Waals surface area contributed by atoms with Crippen LogP contribution in [0, 0.1) is 0 Å². The maximum absolute atomic E-state index is 9.55. The van der Waals surface area contributed by atoms with Gasteiger partial charge >= 0.3 is 0 Å². The van der Waals surface area contributed by atoms with Crippen molar-refractivity contribution in [1.29, 1.82) is 0 Å². The molecular formula is C14H30N2O. The predicted octanol–water partition coefficient (Wildman–Crippen LogP) is 2.00. The van der Waals surface area contributed by atoms with Crippen molar-refractivity contribution in [3.05, 3.63) is 0 Å². The summed E-state index contributed by atoms with van der Waals surface area (Å²) < 4.78 is 0. The monoisotopic (exact) mass is 242 g/mol. The number of aliphatic hydroxyl groups is 1. The van der Waals surface area contributed by atoms with Gasteiger partial charge in [0.15, 0.2) is 0 Å². The third-order valence-electron chi connectivity index (χ3n) is 3.91. The number of aliphatic hydroxyl groups excluding tert-OH is 1. The van der Waals surface area contributed by atoms with Crippen LogP contribution in [0.5, 0.6) is 0 Å². The maximum atomic E-state index is 9.55. The topological polar surface area (TPSA) is 35.5 Å². The van der Waals surface area contributed by atoms with E-state index in [-0.39, 0.29) is 12.1 Å². The Morgan fingerprint density at radius 1 is 1.47 bits per heavy atom. The van der Waals surface area contributed by atoms with Crippen LogP contribution in [-0.4, -0.2) is 47.3 Å². The van der Waals surface area contributed by atoms with Crippen molar-refractivity contribution in [2.75, 3.05) is 19.7 Å². The summed E-state index contributed by atoms with van der Waals surface area (Å²) in [6.07, 6.45) is 4.97. The van der Waals surface area contributed by atoms with Gasteiger partial charge < -0.3 is 15.3 Å². The largest absolute Gasteiger partial charge is 0.394 e. The molecule has 1 fully saturated rings. The molecule has 2 N–H and O–H groups in total. The lowest BCUT2D eigenvalue weighted by Gasteiger charge is -2.34. The van der Waals surface area contributed by atoms with E-state index in [2.05, 4.69) is 37.9 Å². The predicted molar refractivity (Wildman–Crippen MR) is 73.3 cm³/mol. The summed E-state index contributed by atoms with van der Waals surface area (Å²) >= 11 is 0. The quantitative estimate of drug-likeness (QED) is 0.717. The molecule has 1 heterocycles. The fourth-order valence-corrected chi connectivity index (χ4v) is 2.94. The first-order valence-electron chi connectivity index (χ1n) is 7.13. The maximum Gasteiger partial charge on any atom is 0.0611 e. The highest BCUT2D eigenvalue weighted by atomic mass is 16.3. The number of likely N-dealkylation sites (tertiary alicyclic amines) is 1. The average Bonchev–Trinajstić information content (AvgIpc) is 2.73. The number of hydrogen-bond donors (Lipinski definition) is 2. The Balaban J connectivity index is 2.41. The fourth-order valence-electron chi connectivity index (χ4n) is 2.94. The molecule has 102 valence electrons. The number of nitrogens with one attached hydrogen (secondary N) is 1. The van der Waals surface area contributed by atoms with Crippen LogP contribution in [-0.2, 0) is 0 Å². The van der Waals surface area contributed by atoms with E-state index < -0.39 is 0 Å². The van der Waals surface area contributed by atoms with Gasteiger partial charge in [-0.2, -0.15) is 0 Å². The lowest BCUT2D eigenvalue weighted by molar-refractivity contribution is 0.133. The highest BCUT2D eigenvalue weighted by Crippen LogP contribution is 2.21. The van der Waals surface area contributed by atoms with Crippen LogP contribution in [0.15, 0.2) is 0 Å². The molecule has 3 heteroatoms. The first-order valence-corrected chi connectivity index (χ1v) is 7.13. The zero-order valence-electron chi connectivity index (χ0n) is 12.0. The van der Waals surface area contributed by atoms with Gasteiger partial charge in [0.1, 0.15) is 0 Å². The van der Waals surface area contributed by atoms with E-state index in [1.54, 1.807) is 0 Å². The van der Waals surface area contributed by atoms with Crippen LogP contribution < -0.4 is 5.32 Å². The van der Waals surface area contributed by atoms with E-state index in [1.165, 1.54) is 25.8 Å². The molecule has 3 nitrogen and oxygen atoms in total. The SMILES string of the molecule is CCC1CCCN1CCC(C)(CO)NC(C)C. The standard InChI is InChI=1S/C14H30N2O/c1-5-13-7-6-9-16(13)10-8-14(4,11-17)15-12(2)3/h12-13,15,17H,5-11H2,1-4H3. The van der Waals surface area contributed by atoms with Gasteiger partial charge in [0.2, 0.25) is 0 Å². The van der Waals surface area contributed by atoms with E-state index in [0.29, 0.717) is 6.04 Å². The van der Waals surface area contributed by atoms with E-state index in [1.807, 2.05) is 0 Å². The summed E-state index contributed by atoms with van der Waals surface area (Å²) in [6, 6.07) is 1.20. The molecule has 2 unspecified atom stereocenters. The molecule has 0 aliphatic carbocycles. The molecule has 0 amide bonds. The molecule has 0 aromatic heterocycles. The molecule has 0 spiro atoms. The Morgan fingerprint density at radius 3 is 2.71 bits per heavy atom. The summed E-state index contributed by atoms with van der Waals surface area (Å²) in [6.45, 7) is 11.2. The normalized spacial score (nSPS) is 25.4. The van der Waals surface area contributed by atoms with E-state index in [4.69, 9.17) is 0 Å². The van der Waals surface area contributed by atoms with E-state index >= 15 is 0 Å². The van der Waals surface area contributed by atoms with Gasteiger partial charge in [0.25, 0.3) is 0 Å². The highest BCUT2D eigenvalue weighted by Gasteiger charge is 2.28. The van der Waals surface area contributed by atoms with E-state index in [0.717, 1.165) is 19.0 Å². The average molecular weight is 242 g/mol. The number of hydrogen-bond acceptors (Lipinski definition) is 3. The van der Waals surface area contributed by atoms with Gasteiger partial charge in [0.05, 0.1) is 6.61 Å². The van der Waals surface area contributed by atoms with Crippen molar-refractivity contribution in [2.24, 2.45) is 0 Å². The molecule has 1 aliphatic rings. The van der Waals surface area contributed by atoms with Crippen LogP contribution >= 0.6 is 0 Å². The number of nitrogens with zero attached hydrogens (tertiary/aromatic N) is 1. The second-order valence-electron chi connectivity index (χ2n) is 6.01. The van der Waals surface area contributed by atoms with Crippen LogP contribution in [0.1, 0.15) is 53.4 Å². The molecule has 0 bridgehead atoms. The molecule has 2 atom stereocenters. The molecule has 0 radical (unpaired) electrons. The minimum atomic E-state index is -0.130. The molecule has 17 heavy (non-hydrogen) atoms. The Morgan fingerprint density at radius 2 is 2.18 bits per heavy atom. The van der Waals surface area contributed by atoms with Gasteiger partial charge in [-0.15, -0.1) is 0 Å². The number of rotatable bonds is 7. The van der Waals surface area contributed by atoms with Crippen LogP contribution in [0.25, 0.3) is 0 Å². The molecular weight excluding hydrogens is 212 g/mol. The second kappa shape index (κ2) is 6.72. The Labute approximate surface area is 107 Å². The lowest BCUT2D eigenvalue weighted by Crippen LogP contribution is -2.51. The highest BCUT2D eigenvalue weighted by molar-refractivity contribution is 4.87. The van der Waals surface area contributed by atoms with Gasteiger partial charge in [-0.3, -0.25) is 0 Å². The summed E-state index contributed by atoms with van der Waals surface area (Å²) in [5, 5.41) is 13.0. The molecule has 0 aromatic rings. The smallest absolute Gasteiger partial charge is 0.0611 e. The lowest BCUT2D eigenvalue weighted by atomic mass is 9.97. The second-order valence-corrected chi connectivity index (χ2v) is 6.01. The molecule has 1 rings (SSSR count). The van der Waals surface area contributed by atoms with Gasteiger partial charge in [0, 0.05) is 24.2 Å². The molecule has 0 saturated carbocycles. The van der Waals surface area contributed by atoms with Crippen molar-refractivity contribution in [1.82, 2.24) is 10.2 Å². The fraction of sp³-hybridized carbons (Fsp3) is 1.00. The summed E-state index contributed by atoms with van der Waals surface area (Å²) in [5.41, 5.74) is -0.130. The molecule has 1 saturated heterocycles. The minimum Gasteiger partial charge on any atom is -0.394 e. The van der Waals surface area contributed by atoms with Gasteiger partial charge in [-0.25, -0.2) is 0 Å². The Kier molecular flexibility index (Phi) is 5.90. The van der Waals surface area contributed by atoms with Crippen LogP contribution in [0.4, 0.5) is 0 Å². The molecule has 0 aromatic carbocycles. The Bertz CT molecular complexity index is 220. The summed E-state index contributed by atoms with van der Waals surface area (Å²) in [5.74, 6) is 0. The first-order chi connectivity index (χ1) is 8.00. The van der Waals surface area contributed by atoms with Gasteiger partial charge in [-0.05, 0) is 39.2 Å². The summed E-state index contributed by atoms with van der Waals surface area (Å²) in [7, 11) is 0. The van der Waals surface area contributed by atoms with Crippen molar-refractivity contribution < 1.29 is 5.11 Å². The van der Waals surface area contributed by atoms with Crippen LogP contribution in [0.2, 0.25) is 0 Å². The Hall–Kier alpha value is -0.120. The zero-order valence-corrected chi connectivity index (χ0v) is 12.0. The third-order valence-corrected chi connectivity index (χ3v) is 3.91. The first kappa shape index (κ1) is 14.9. The van der Waals surface area contributed by atoms with Crippen molar-refractivity contribution in [3.8, 4) is 0 Å². The third kappa shape index (κ3) is 4.57. The summed E-state index contributed by atoms with van der Waals surface area (Å²) in [4.78, 5) is 2.59. The molecule has 1 aliphatic heterocycles. The van der Waals surface area contributed by atoms with Gasteiger partial charge in [-0.1, -0.05) is 20.8 Å². The van der Waals surface area contributed by atoms with Crippen molar-refractivity contribution >= 4 is 0 Å². The zero-order chi connectivity index (χ0) is 12.9. The van der Waals surface area contributed by atoms with Crippen LogP contribution in [0.3, 0.4) is 0 Å². The van der Waals surface area contributed by atoms with E-state index in [9.17, 15) is 5.11 Å². The van der Waals surface area contributed by atoms with Crippen molar-refractivity contribution in [2.45, 2.75) is 71.0 Å². The van der Waals surface area contributed by atoms with Crippen molar-refractivity contribution in [3.63, 3.8) is 0 Å².